The van der Waals surface area contributed by atoms with Crippen LogP contribution in [0, 0.1) is 0 Å². The first-order chi connectivity index (χ1) is 8.15. The van der Waals surface area contributed by atoms with Gasteiger partial charge in [0.15, 0.2) is 0 Å². The Kier molecular flexibility index (Phi) is 3.30. The van der Waals surface area contributed by atoms with Crippen molar-refractivity contribution in [2.75, 3.05) is 0 Å². The topological polar surface area (TPSA) is 56.2 Å². The first kappa shape index (κ1) is 11.5. The Bertz CT molecular complexity index is 572. The number of furan rings is 1. The summed E-state index contributed by atoms with van der Waals surface area (Å²) in [6.07, 6.45) is 2.77. The molecule has 17 heavy (non-hydrogen) atoms. The zero-order chi connectivity index (χ0) is 12.3. The lowest BCUT2D eigenvalue weighted by Gasteiger charge is -1.96. The van der Waals surface area contributed by atoms with Crippen LogP contribution in [0.15, 0.2) is 46.9 Å². The Labute approximate surface area is 103 Å². The van der Waals surface area contributed by atoms with E-state index < -0.39 is 5.91 Å². The molecular weight excluding hydrogens is 238 g/mol. The first-order valence-corrected chi connectivity index (χ1v) is 5.36. The maximum absolute atomic E-state index is 10.6. The van der Waals surface area contributed by atoms with Crippen molar-refractivity contribution in [3.63, 3.8) is 0 Å². The Morgan fingerprint density at radius 1 is 1.29 bits per heavy atom. The van der Waals surface area contributed by atoms with Gasteiger partial charge in [0.05, 0.1) is 0 Å². The van der Waals surface area contributed by atoms with E-state index in [-0.39, 0.29) is 0 Å². The molecule has 0 aliphatic rings. The molecule has 86 valence electrons. The molecule has 2 rings (SSSR count). The molecule has 2 N–H and O–H groups in total. The molecule has 0 atom stereocenters. The van der Waals surface area contributed by atoms with E-state index in [1.165, 1.54) is 12.2 Å². The third-order valence-electron chi connectivity index (χ3n) is 2.15. The lowest BCUT2D eigenvalue weighted by Crippen LogP contribution is -2.04. The largest absolute Gasteiger partial charge is 0.457 e. The van der Waals surface area contributed by atoms with Crippen molar-refractivity contribution < 1.29 is 9.21 Å². The summed E-state index contributed by atoms with van der Waals surface area (Å²) in [6, 6.07) is 10.9. The van der Waals surface area contributed by atoms with Crippen LogP contribution in [0.3, 0.4) is 0 Å². The Morgan fingerprint density at radius 2 is 2.12 bits per heavy atom. The van der Waals surface area contributed by atoms with Gasteiger partial charge in [0.25, 0.3) is 0 Å². The van der Waals surface area contributed by atoms with Gasteiger partial charge in [-0.15, -0.1) is 0 Å². The first-order valence-electron chi connectivity index (χ1n) is 4.98. The van der Waals surface area contributed by atoms with E-state index in [9.17, 15) is 4.79 Å². The van der Waals surface area contributed by atoms with E-state index >= 15 is 0 Å². The molecule has 1 aromatic carbocycles. The highest BCUT2D eigenvalue weighted by Crippen LogP contribution is 2.25. The van der Waals surface area contributed by atoms with Gasteiger partial charge in [0.2, 0.25) is 5.91 Å². The number of primary amides is 1. The molecule has 0 radical (unpaired) electrons. The van der Waals surface area contributed by atoms with Gasteiger partial charge in [0, 0.05) is 16.7 Å². The van der Waals surface area contributed by atoms with Gasteiger partial charge in [-0.1, -0.05) is 23.7 Å². The van der Waals surface area contributed by atoms with Crippen LogP contribution in [0.1, 0.15) is 5.76 Å². The molecule has 3 nitrogen and oxygen atoms in total. The second kappa shape index (κ2) is 4.89. The highest BCUT2D eigenvalue weighted by atomic mass is 35.5. The van der Waals surface area contributed by atoms with Crippen molar-refractivity contribution in [1.82, 2.24) is 0 Å². The van der Waals surface area contributed by atoms with Crippen molar-refractivity contribution in [1.29, 1.82) is 0 Å². The number of carbonyl (C=O) groups excluding carboxylic acids is 1. The number of halogens is 1. The van der Waals surface area contributed by atoms with Crippen LogP contribution in [-0.4, -0.2) is 5.91 Å². The normalized spacial score (nSPS) is 10.9. The third kappa shape index (κ3) is 2.98. The summed E-state index contributed by atoms with van der Waals surface area (Å²) >= 11 is 5.89. The smallest absolute Gasteiger partial charge is 0.241 e. The van der Waals surface area contributed by atoms with E-state index in [0.717, 1.165) is 5.56 Å². The standard InChI is InChI=1S/C13H10ClNO2/c14-10-3-1-2-9(8-10)12-6-4-11(17-12)5-7-13(15)16/h1-8H,(H2,15,16)/b7-5+. The second-order valence-electron chi connectivity index (χ2n) is 3.45. The van der Waals surface area contributed by atoms with Crippen LogP contribution in [0.2, 0.25) is 5.02 Å². The fourth-order valence-corrected chi connectivity index (χ4v) is 1.59. The minimum Gasteiger partial charge on any atom is -0.457 e. The molecule has 1 amide bonds. The van der Waals surface area contributed by atoms with Gasteiger partial charge in [-0.2, -0.15) is 0 Å². The zero-order valence-electron chi connectivity index (χ0n) is 8.89. The van der Waals surface area contributed by atoms with Crippen molar-refractivity contribution in [2.24, 2.45) is 5.73 Å². The van der Waals surface area contributed by atoms with Crippen LogP contribution in [0.5, 0.6) is 0 Å². The molecule has 1 aromatic heterocycles. The number of nitrogens with two attached hydrogens (primary N) is 1. The summed E-state index contributed by atoms with van der Waals surface area (Å²) < 4.78 is 5.52. The van der Waals surface area contributed by atoms with Gasteiger partial charge < -0.3 is 10.2 Å². The van der Waals surface area contributed by atoms with Crippen molar-refractivity contribution >= 4 is 23.6 Å². The minimum absolute atomic E-state index is 0.509. The molecule has 0 saturated heterocycles. The average Bonchev–Trinajstić information content (AvgIpc) is 2.75. The van der Waals surface area contributed by atoms with Crippen LogP contribution >= 0.6 is 11.6 Å². The Morgan fingerprint density at radius 3 is 2.82 bits per heavy atom. The third-order valence-corrected chi connectivity index (χ3v) is 2.38. The van der Waals surface area contributed by atoms with E-state index in [4.69, 9.17) is 21.8 Å². The fourth-order valence-electron chi connectivity index (χ4n) is 1.40. The summed E-state index contributed by atoms with van der Waals surface area (Å²) in [6.45, 7) is 0. The van der Waals surface area contributed by atoms with Crippen LogP contribution < -0.4 is 5.73 Å². The summed E-state index contributed by atoms with van der Waals surface area (Å²) in [5.74, 6) is 0.751. The SMILES string of the molecule is NC(=O)/C=C/c1ccc(-c2cccc(Cl)c2)o1. The van der Waals surface area contributed by atoms with Crippen LogP contribution in [-0.2, 0) is 4.79 Å². The number of carbonyl (C=O) groups is 1. The van der Waals surface area contributed by atoms with E-state index in [1.54, 1.807) is 12.1 Å². The van der Waals surface area contributed by atoms with Crippen molar-refractivity contribution in [3.8, 4) is 11.3 Å². The van der Waals surface area contributed by atoms with Gasteiger partial charge in [-0.05, 0) is 30.3 Å². The van der Waals surface area contributed by atoms with Crippen LogP contribution in [0.25, 0.3) is 17.4 Å². The number of benzene rings is 1. The fraction of sp³-hybridized carbons (Fsp3) is 0. The number of hydrogen-bond donors (Lipinski definition) is 1. The molecular formula is C13H10ClNO2. The highest BCUT2D eigenvalue weighted by molar-refractivity contribution is 6.30. The molecule has 0 aliphatic carbocycles. The average molecular weight is 248 g/mol. The lowest BCUT2D eigenvalue weighted by atomic mass is 10.2. The molecule has 0 unspecified atom stereocenters. The van der Waals surface area contributed by atoms with Gasteiger partial charge in [-0.3, -0.25) is 4.79 Å². The maximum Gasteiger partial charge on any atom is 0.241 e. The Hall–Kier alpha value is -2.00. The molecule has 1 heterocycles. The molecule has 0 saturated carbocycles. The van der Waals surface area contributed by atoms with E-state index in [2.05, 4.69) is 0 Å². The summed E-state index contributed by atoms with van der Waals surface area (Å²) in [4.78, 5) is 10.6. The van der Waals surface area contributed by atoms with Crippen molar-refractivity contribution in [2.45, 2.75) is 0 Å². The molecule has 4 heteroatoms. The van der Waals surface area contributed by atoms with E-state index in [0.29, 0.717) is 16.5 Å². The minimum atomic E-state index is -0.509. The predicted octanol–water partition coefficient (Wildman–Crippen LogP) is 3.10. The lowest BCUT2D eigenvalue weighted by molar-refractivity contribution is -0.113. The van der Waals surface area contributed by atoms with Crippen molar-refractivity contribution in [3.05, 3.63) is 53.3 Å². The van der Waals surface area contributed by atoms with E-state index in [1.807, 2.05) is 24.3 Å². The zero-order valence-corrected chi connectivity index (χ0v) is 9.65. The van der Waals surface area contributed by atoms with Gasteiger partial charge in [0.1, 0.15) is 11.5 Å². The summed E-state index contributed by atoms with van der Waals surface area (Å²) in [5, 5.41) is 0.646. The predicted molar refractivity (Wildman–Crippen MR) is 67.4 cm³/mol. The highest BCUT2D eigenvalue weighted by Gasteiger charge is 2.03. The number of amides is 1. The summed E-state index contributed by atoms with van der Waals surface area (Å²) in [5.41, 5.74) is 5.88. The molecule has 2 aromatic rings. The molecule has 0 spiro atoms. The van der Waals surface area contributed by atoms with Gasteiger partial charge in [-0.25, -0.2) is 0 Å². The second-order valence-corrected chi connectivity index (χ2v) is 3.88. The molecule has 0 fully saturated rings. The number of hydrogen-bond acceptors (Lipinski definition) is 2. The monoisotopic (exact) mass is 247 g/mol. The van der Waals surface area contributed by atoms with Gasteiger partial charge >= 0.3 is 0 Å². The maximum atomic E-state index is 10.6. The number of rotatable bonds is 3. The molecule has 0 bridgehead atoms. The quantitative estimate of drug-likeness (QED) is 0.848. The Balaban J connectivity index is 2.27. The summed E-state index contributed by atoms with van der Waals surface area (Å²) in [7, 11) is 0. The van der Waals surface area contributed by atoms with Crippen LogP contribution in [0.4, 0.5) is 0 Å². The molecule has 0 aliphatic heterocycles.